The summed E-state index contributed by atoms with van der Waals surface area (Å²) in [4.78, 5) is 17.4. The number of hydrogen-bond donors (Lipinski definition) is 0. The largest absolute Gasteiger partial charge is 0.370 e. The van der Waals surface area contributed by atoms with Crippen molar-refractivity contribution in [2.45, 2.75) is 62.0 Å². The molecule has 0 aliphatic carbocycles. The molecule has 0 aromatic heterocycles. The summed E-state index contributed by atoms with van der Waals surface area (Å²) < 4.78 is 34.8. The van der Waals surface area contributed by atoms with Gasteiger partial charge in [0.1, 0.15) is 11.5 Å². The lowest BCUT2D eigenvalue weighted by Crippen LogP contribution is -2.49. The van der Waals surface area contributed by atoms with E-state index in [1.807, 2.05) is 29.2 Å². The molecule has 3 aliphatic rings. The highest BCUT2D eigenvalue weighted by atomic mass is 35.5. The van der Waals surface area contributed by atoms with E-state index in [9.17, 15) is 13.2 Å². The van der Waals surface area contributed by atoms with Gasteiger partial charge in [0.2, 0.25) is 15.9 Å². The number of fused-ring (bicyclic) bond motifs is 1. The Hall–Kier alpha value is -1.68. The van der Waals surface area contributed by atoms with Crippen molar-refractivity contribution in [1.82, 2.24) is 14.1 Å². The van der Waals surface area contributed by atoms with Crippen LogP contribution in [0.2, 0.25) is 10.0 Å². The van der Waals surface area contributed by atoms with Crippen LogP contribution in [0.1, 0.15) is 43.2 Å². The van der Waals surface area contributed by atoms with E-state index in [1.54, 1.807) is 0 Å². The zero-order valence-electron chi connectivity index (χ0n) is 21.5. The highest BCUT2D eigenvalue weighted by molar-refractivity contribution is 7.89. The van der Waals surface area contributed by atoms with Crippen LogP contribution in [0.25, 0.3) is 0 Å². The maximum absolute atomic E-state index is 13.7. The van der Waals surface area contributed by atoms with Crippen molar-refractivity contribution in [1.29, 1.82) is 0 Å². The van der Waals surface area contributed by atoms with E-state index in [1.165, 1.54) is 54.9 Å². The Morgan fingerprint density at radius 3 is 2.37 bits per heavy atom. The average Bonchev–Trinajstić information content (AvgIpc) is 2.93. The van der Waals surface area contributed by atoms with Crippen LogP contribution in [0, 0.1) is 0 Å². The Morgan fingerprint density at radius 1 is 0.947 bits per heavy atom. The second-order valence-corrected chi connectivity index (χ2v) is 13.2. The fraction of sp³-hybridized carbons (Fsp3) is 0.536. The van der Waals surface area contributed by atoms with Crippen LogP contribution in [0.4, 0.5) is 0 Å². The molecular weight excluding hydrogens is 545 g/mol. The lowest BCUT2D eigenvalue weighted by atomic mass is 9.96. The van der Waals surface area contributed by atoms with Gasteiger partial charge in [-0.15, -0.1) is 0 Å². The number of amides is 1. The normalized spacial score (nSPS) is 21.8. The van der Waals surface area contributed by atoms with Gasteiger partial charge in [-0.25, -0.2) is 8.42 Å². The van der Waals surface area contributed by atoms with Gasteiger partial charge < -0.3 is 14.5 Å². The SMILES string of the molecule is O=C(COCC1Cc2ccccc2CN1S(=O)(=O)c1ccc(Cl)cc1Cl)N1CCC(N2CCCCC2)CC1. The standard InChI is InChI=1S/C28H35Cl2N3O4S/c29-23-8-9-27(26(30)17-23)38(35,36)33-18-22-7-3-2-6-21(22)16-25(33)19-37-20-28(34)32-14-10-24(11-15-32)31-12-4-1-5-13-31/h2-3,6-9,17,24-25H,1,4-5,10-16,18-20H2. The van der Waals surface area contributed by atoms with Crippen molar-refractivity contribution in [2.75, 3.05) is 39.4 Å². The molecule has 7 nitrogen and oxygen atoms in total. The Kier molecular flexibility index (Phi) is 8.97. The number of nitrogens with zero attached hydrogens (tertiary/aromatic N) is 3. The third kappa shape index (κ3) is 6.21. The summed E-state index contributed by atoms with van der Waals surface area (Å²) in [6.07, 6.45) is 6.36. The maximum atomic E-state index is 13.7. The molecule has 0 bridgehead atoms. The lowest BCUT2D eigenvalue weighted by Gasteiger charge is -2.40. The number of carbonyl (C=O) groups is 1. The van der Waals surface area contributed by atoms with Crippen molar-refractivity contribution < 1.29 is 17.9 Å². The Bertz CT molecular complexity index is 1240. The van der Waals surface area contributed by atoms with Crippen molar-refractivity contribution in [2.24, 2.45) is 0 Å². The summed E-state index contributed by atoms with van der Waals surface area (Å²) >= 11 is 12.3. The summed E-state index contributed by atoms with van der Waals surface area (Å²) in [7, 11) is -3.93. The van der Waals surface area contributed by atoms with Gasteiger partial charge in [0.05, 0.1) is 17.7 Å². The van der Waals surface area contributed by atoms with Crippen molar-refractivity contribution in [3.63, 3.8) is 0 Å². The molecule has 2 aromatic rings. The van der Waals surface area contributed by atoms with Gasteiger partial charge in [0.15, 0.2) is 0 Å². The average molecular weight is 581 g/mol. The zero-order chi connectivity index (χ0) is 26.7. The van der Waals surface area contributed by atoms with Crippen molar-refractivity contribution >= 4 is 39.1 Å². The first kappa shape index (κ1) is 27.9. The Morgan fingerprint density at radius 2 is 1.66 bits per heavy atom. The second-order valence-electron chi connectivity index (χ2n) is 10.5. The molecule has 3 aliphatic heterocycles. The molecule has 2 aromatic carbocycles. The highest BCUT2D eigenvalue weighted by Gasteiger charge is 2.37. The predicted molar refractivity (Wildman–Crippen MR) is 149 cm³/mol. The summed E-state index contributed by atoms with van der Waals surface area (Å²) in [5, 5.41) is 0.454. The molecule has 0 saturated carbocycles. The number of rotatable bonds is 7. The van der Waals surface area contributed by atoms with Crippen LogP contribution in [0.15, 0.2) is 47.4 Å². The monoisotopic (exact) mass is 579 g/mol. The molecule has 0 radical (unpaired) electrons. The van der Waals surface area contributed by atoms with Crippen LogP contribution in [-0.4, -0.2) is 79.9 Å². The van der Waals surface area contributed by atoms with E-state index in [2.05, 4.69) is 4.90 Å². The Balaban J connectivity index is 1.22. The number of benzene rings is 2. The summed E-state index contributed by atoms with van der Waals surface area (Å²) in [6.45, 7) is 4.12. The van der Waals surface area contributed by atoms with Gasteiger partial charge in [-0.3, -0.25) is 4.79 Å². The number of likely N-dealkylation sites (tertiary alicyclic amines) is 2. The van der Waals surface area contributed by atoms with Crippen molar-refractivity contribution in [3.05, 3.63) is 63.6 Å². The Labute approximate surface area is 235 Å². The summed E-state index contributed by atoms with van der Waals surface area (Å²) in [5.74, 6) is -0.0338. The number of ether oxygens (including phenoxy) is 1. The fourth-order valence-electron chi connectivity index (χ4n) is 5.94. The first-order valence-corrected chi connectivity index (χ1v) is 15.7. The lowest BCUT2D eigenvalue weighted by molar-refractivity contribution is -0.138. The second kappa shape index (κ2) is 12.2. The van der Waals surface area contributed by atoms with E-state index >= 15 is 0 Å². The van der Waals surface area contributed by atoms with Gasteiger partial charge >= 0.3 is 0 Å². The quantitative estimate of drug-likeness (QED) is 0.479. The first-order valence-electron chi connectivity index (χ1n) is 13.5. The van der Waals surface area contributed by atoms with Gasteiger partial charge in [-0.1, -0.05) is 53.9 Å². The van der Waals surface area contributed by atoms with Gasteiger partial charge in [-0.2, -0.15) is 4.31 Å². The molecule has 38 heavy (non-hydrogen) atoms. The first-order chi connectivity index (χ1) is 18.3. The molecule has 2 saturated heterocycles. The molecule has 3 heterocycles. The topological polar surface area (TPSA) is 70.2 Å². The van der Waals surface area contributed by atoms with E-state index in [0.717, 1.165) is 37.1 Å². The predicted octanol–water partition coefficient (Wildman–Crippen LogP) is 4.60. The minimum Gasteiger partial charge on any atom is -0.370 e. The van der Waals surface area contributed by atoms with Crippen LogP contribution in [-0.2, 0) is 32.5 Å². The molecule has 1 atom stereocenters. The number of carbonyl (C=O) groups excluding carboxylic acids is 1. The molecule has 1 amide bonds. The minimum absolute atomic E-state index is 0.0144. The van der Waals surface area contributed by atoms with Gasteiger partial charge in [-0.05, 0) is 74.5 Å². The van der Waals surface area contributed by atoms with E-state index < -0.39 is 16.1 Å². The molecule has 1 unspecified atom stereocenters. The van der Waals surface area contributed by atoms with Crippen LogP contribution in [0.5, 0.6) is 0 Å². The molecule has 206 valence electrons. The molecule has 10 heteroatoms. The van der Waals surface area contributed by atoms with Crippen LogP contribution < -0.4 is 0 Å². The zero-order valence-corrected chi connectivity index (χ0v) is 23.9. The summed E-state index contributed by atoms with van der Waals surface area (Å²) in [6, 6.07) is 12.3. The maximum Gasteiger partial charge on any atom is 0.248 e. The minimum atomic E-state index is -3.93. The number of hydrogen-bond acceptors (Lipinski definition) is 5. The molecular formula is C28H35Cl2N3O4S. The fourth-order valence-corrected chi connectivity index (χ4v) is 8.27. The van der Waals surface area contributed by atoms with E-state index in [4.69, 9.17) is 27.9 Å². The smallest absolute Gasteiger partial charge is 0.248 e. The van der Waals surface area contributed by atoms with Gasteiger partial charge in [0.25, 0.3) is 0 Å². The molecule has 5 rings (SSSR count). The number of halogens is 2. The third-order valence-corrected chi connectivity index (χ3v) is 10.7. The van der Waals surface area contributed by atoms with E-state index in [0.29, 0.717) is 17.5 Å². The molecule has 2 fully saturated rings. The summed E-state index contributed by atoms with van der Waals surface area (Å²) in [5.41, 5.74) is 2.03. The van der Waals surface area contributed by atoms with Gasteiger partial charge in [0, 0.05) is 30.7 Å². The molecule has 0 spiro atoms. The highest BCUT2D eigenvalue weighted by Crippen LogP contribution is 2.33. The van der Waals surface area contributed by atoms with Crippen molar-refractivity contribution in [3.8, 4) is 0 Å². The third-order valence-electron chi connectivity index (χ3n) is 8.05. The number of piperidine rings is 2. The van der Waals surface area contributed by atoms with Crippen LogP contribution in [0.3, 0.4) is 0 Å². The number of sulfonamides is 1. The van der Waals surface area contributed by atoms with Crippen LogP contribution >= 0.6 is 23.2 Å². The molecule has 0 N–H and O–H groups in total. The van der Waals surface area contributed by atoms with E-state index in [-0.39, 0.29) is 35.6 Å².